The van der Waals surface area contributed by atoms with Crippen molar-refractivity contribution in [3.63, 3.8) is 0 Å². The molecule has 0 saturated heterocycles. The van der Waals surface area contributed by atoms with Gasteiger partial charge in [0.05, 0.1) is 11.6 Å². The molecule has 10 heteroatoms. The quantitative estimate of drug-likeness (QED) is 0.657. The summed E-state index contributed by atoms with van der Waals surface area (Å²) in [5.74, 6) is 0.483. The Balaban J connectivity index is 1.55. The molecule has 30 heavy (non-hydrogen) atoms. The van der Waals surface area contributed by atoms with E-state index in [1.165, 1.54) is 18.7 Å². The number of hydrogen-bond donors (Lipinski definition) is 3. The fraction of sp³-hybridized carbons (Fsp3) is 0.650. The van der Waals surface area contributed by atoms with E-state index >= 15 is 0 Å². The first-order chi connectivity index (χ1) is 14.3. The van der Waals surface area contributed by atoms with Crippen molar-refractivity contribution < 1.29 is 8.42 Å². The number of anilines is 2. The number of sulfonamides is 1. The molecular weight excluding hydrogens is 404 g/mol. The molecule has 0 atom stereocenters. The lowest BCUT2D eigenvalue weighted by molar-refractivity contribution is 0.353. The Bertz CT molecular complexity index is 1070. The first kappa shape index (κ1) is 21.0. The van der Waals surface area contributed by atoms with Crippen LogP contribution in [0.25, 0.3) is 11.0 Å². The largest absolute Gasteiger partial charge is 0.398 e. The zero-order valence-electron chi connectivity index (χ0n) is 17.3. The Hall–Kier alpha value is -2.20. The molecule has 4 N–H and O–H groups in total. The molecular formula is C20H30N6O3S. The van der Waals surface area contributed by atoms with Gasteiger partial charge < -0.3 is 11.1 Å². The number of pyridine rings is 1. The highest BCUT2D eigenvalue weighted by atomic mass is 32.2. The van der Waals surface area contributed by atoms with Crippen molar-refractivity contribution in [3.8, 4) is 0 Å². The van der Waals surface area contributed by atoms with Crippen LogP contribution in [0.5, 0.6) is 0 Å². The molecule has 0 aliphatic heterocycles. The van der Waals surface area contributed by atoms with Crippen molar-refractivity contribution in [1.29, 1.82) is 0 Å². The molecule has 2 aliphatic rings. The third kappa shape index (κ3) is 4.75. The first-order valence-electron chi connectivity index (χ1n) is 10.7. The van der Waals surface area contributed by atoms with Crippen molar-refractivity contribution in [2.24, 2.45) is 0 Å². The van der Waals surface area contributed by atoms with Gasteiger partial charge in [-0.1, -0.05) is 19.3 Å². The number of hydrogen-bond acceptors (Lipinski definition) is 7. The molecule has 0 unspecified atom stereocenters. The monoisotopic (exact) mass is 434 g/mol. The van der Waals surface area contributed by atoms with Gasteiger partial charge in [0, 0.05) is 36.1 Å². The molecule has 2 saturated carbocycles. The van der Waals surface area contributed by atoms with Crippen molar-refractivity contribution in [1.82, 2.24) is 19.3 Å². The SMILES string of the molecule is CS(=O)(=O)N[C@H]1CC[C@H](Nc2ncc3c(N)cc(=O)n(C4CCCCC4)c3n2)CC1. The molecule has 0 bridgehead atoms. The van der Waals surface area contributed by atoms with E-state index in [0.29, 0.717) is 22.7 Å². The van der Waals surface area contributed by atoms with E-state index in [2.05, 4.69) is 15.0 Å². The third-order valence-electron chi connectivity index (χ3n) is 6.21. The zero-order chi connectivity index (χ0) is 21.3. The Labute approximate surface area is 176 Å². The van der Waals surface area contributed by atoms with Gasteiger partial charge in [-0.25, -0.2) is 18.1 Å². The molecule has 0 radical (unpaired) electrons. The second kappa shape index (κ2) is 8.50. The van der Waals surface area contributed by atoms with Crippen LogP contribution in [0.15, 0.2) is 17.1 Å². The summed E-state index contributed by atoms with van der Waals surface area (Å²) in [6.07, 6.45) is 11.4. The second-order valence-corrected chi connectivity index (χ2v) is 10.4. The van der Waals surface area contributed by atoms with Crippen LogP contribution in [-0.2, 0) is 10.0 Å². The minimum absolute atomic E-state index is 0.0214. The van der Waals surface area contributed by atoms with Crippen LogP contribution in [0.2, 0.25) is 0 Å². The fourth-order valence-electron chi connectivity index (χ4n) is 4.75. The van der Waals surface area contributed by atoms with Crippen LogP contribution < -0.4 is 21.3 Å². The minimum atomic E-state index is -3.19. The zero-order valence-corrected chi connectivity index (χ0v) is 18.1. The number of nitrogens with one attached hydrogen (secondary N) is 2. The Morgan fingerprint density at radius 3 is 2.40 bits per heavy atom. The van der Waals surface area contributed by atoms with Gasteiger partial charge in [-0.15, -0.1) is 0 Å². The summed E-state index contributed by atoms with van der Waals surface area (Å²) in [7, 11) is -3.19. The topological polar surface area (TPSA) is 132 Å². The standard InChI is InChI=1S/C20H30N6O3S/c1-30(28,29)25-14-9-7-13(8-10-14)23-20-22-12-16-17(21)11-18(27)26(19(16)24-20)15-5-3-2-4-6-15/h11-15,25H,2-10,21H2,1H3,(H,22,23,24)/t13-,14-. The minimum Gasteiger partial charge on any atom is -0.398 e. The highest BCUT2D eigenvalue weighted by molar-refractivity contribution is 7.88. The van der Waals surface area contributed by atoms with E-state index in [1.807, 2.05) is 0 Å². The van der Waals surface area contributed by atoms with E-state index in [0.717, 1.165) is 51.4 Å². The summed E-state index contributed by atoms with van der Waals surface area (Å²) in [5, 5.41) is 4.07. The summed E-state index contributed by atoms with van der Waals surface area (Å²) >= 11 is 0. The number of aromatic nitrogens is 3. The van der Waals surface area contributed by atoms with E-state index in [1.54, 1.807) is 10.8 Å². The molecule has 2 aromatic heterocycles. The molecule has 164 valence electrons. The van der Waals surface area contributed by atoms with Gasteiger partial charge >= 0.3 is 0 Å². The molecule has 2 aliphatic carbocycles. The van der Waals surface area contributed by atoms with Gasteiger partial charge in [0.25, 0.3) is 5.56 Å². The predicted molar refractivity (Wildman–Crippen MR) is 118 cm³/mol. The molecule has 2 fully saturated rings. The average Bonchev–Trinajstić information content (AvgIpc) is 2.69. The molecule has 0 spiro atoms. The number of rotatable bonds is 5. The molecule has 2 heterocycles. The third-order valence-corrected chi connectivity index (χ3v) is 6.97. The molecule has 2 aromatic rings. The molecule has 0 aromatic carbocycles. The van der Waals surface area contributed by atoms with Crippen LogP contribution in [0, 0.1) is 0 Å². The maximum atomic E-state index is 12.8. The molecule has 9 nitrogen and oxygen atoms in total. The van der Waals surface area contributed by atoms with Crippen molar-refractivity contribution in [2.75, 3.05) is 17.3 Å². The maximum Gasteiger partial charge on any atom is 0.254 e. The van der Waals surface area contributed by atoms with Gasteiger partial charge in [-0.05, 0) is 38.5 Å². The lowest BCUT2D eigenvalue weighted by Crippen LogP contribution is -2.39. The van der Waals surface area contributed by atoms with Crippen LogP contribution in [0.1, 0.15) is 63.8 Å². The van der Waals surface area contributed by atoms with Crippen LogP contribution >= 0.6 is 0 Å². The summed E-state index contributed by atoms with van der Waals surface area (Å²) in [5.41, 5.74) is 6.98. The van der Waals surface area contributed by atoms with Crippen LogP contribution in [0.3, 0.4) is 0 Å². The van der Waals surface area contributed by atoms with E-state index in [4.69, 9.17) is 10.7 Å². The number of fused-ring (bicyclic) bond motifs is 1. The maximum absolute atomic E-state index is 12.8. The van der Waals surface area contributed by atoms with E-state index in [9.17, 15) is 13.2 Å². The van der Waals surface area contributed by atoms with Crippen LogP contribution in [0.4, 0.5) is 11.6 Å². The Morgan fingerprint density at radius 2 is 1.73 bits per heavy atom. The highest BCUT2D eigenvalue weighted by Gasteiger charge is 2.25. The van der Waals surface area contributed by atoms with Crippen molar-refractivity contribution in [2.45, 2.75) is 75.9 Å². The normalized spacial score (nSPS) is 23.5. The Kier molecular flexibility index (Phi) is 5.97. The van der Waals surface area contributed by atoms with E-state index < -0.39 is 10.0 Å². The van der Waals surface area contributed by atoms with Gasteiger partial charge in [-0.3, -0.25) is 9.36 Å². The Morgan fingerprint density at radius 1 is 1.07 bits per heavy atom. The van der Waals surface area contributed by atoms with Crippen molar-refractivity contribution in [3.05, 3.63) is 22.6 Å². The van der Waals surface area contributed by atoms with E-state index in [-0.39, 0.29) is 23.7 Å². The molecule has 4 rings (SSSR count). The van der Waals surface area contributed by atoms with Gasteiger partial charge in [0.15, 0.2) is 5.65 Å². The van der Waals surface area contributed by atoms with Gasteiger partial charge in [0.2, 0.25) is 16.0 Å². The summed E-state index contributed by atoms with van der Waals surface area (Å²) in [6, 6.07) is 1.76. The molecule has 0 amide bonds. The van der Waals surface area contributed by atoms with Crippen LogP contribution in [-0.4, -0.2) is 41.3 Å². The van der Waals surface area contributed by atoms with Crippen molar-refractivity contribution >= 4 is 32.7 Å². The van der Waals surface area contributed by atoms with Gasteiger partial charge in [0.1, 0.15) is 0 Å². The summed E-state index contributed by atoms with van der Waals surface area (Å²) in [4.78, 5) is 21.9. The summed E-state index contributed by atoms with van der Waals surface area (Å²) in [6.45, 7) is 0. The fourth-order valence-corrected chi connectivity index (χ4v) is 5.59. The first-order valence-corrected chi connectivity index (χ1v) is 12.6. The lowest BCUT2D eigenvalue weighted by Gasteiger charge is -2.29. The number of nitrogen functional groups attached to an aromatic ring is 1. The van der Waals surface area contributed by atoms with Gasteiger partial charge in [-0.2, -0.15) is 4.98 Å². The predicted octanol–water partition coefficient (Wildman–Crippen LogP) is 2.15. The highest BCUT2D eigenvalue weighted by Crippen LogP contribution is 2.30. The summed E-state index contributed by atoms with van der Waals surface area (Å²) < 4.78 is 27.3. The lowest BCUT2D eigenvalue weighted by atomic mass is 9.92. The second-order valence-electron chi connectivity index (χ2n) is 8.61. The number of nitrogens with two attached hydrogens (primary N) is 1. The average molecular weight is 435 g/mol. The smallest absolute Gasteiger partial charge is 0.254 e. The number of nitrogens with zero attached hydrogens (tertiary/aromatic N) is 3.